The van der Waals surface area contributed by atoms with Crippen LogP contribution in [0.1, 0.15) is 25.7 Å². The van der Waals surface area contributed by atoms with E-state index in [9.17, 15) is 4.79 Å². The van der Waals surface area contributed by atoms with Crippen LogP contribution in [0.15, 0.2) is 11.6 Å². The molecule has 0 spiro atoms. The number of aromatic nitrogens is 1. The maximum Gasteiger partial charge on any atom is 0.306 e. The highest BCUT2D eigenvalue weighted by atomic mass is 32.1. The molecule has 1 N–H and O–H groups in total. The number of aliphatic carboxylic acids is 1. The van der Waals surface area contributed by atoms with E-state index in [0.29, 0.717) is 6.04 Å². The third kappa shape index (κ3) is 2.35. The first-order chi connectivity index (χ1) is 7.68. The molecular formula is C11H16N2O2S. The van der Waals surface area contributed by atoms with Crippen LogP contribution in [0.25, 0.3) is 0 Å². The van der Waals surface area contributed by atoms with E-state index >= 15 is 0 Å². The Morgan fingerprint density at radius 3 is 2.69 bits per heavy atom. The number of thiazole rings is 1. The molecule has 1 aromatic rings. The Bertz CT molecular complexity index is 345. The Morgan fingerprint density at radius 1 is 1.50 bits per heavy atom. The third-order valence-corrected chi connectivity index (χ3v) is 4.18. The van der Waals surface area contributed by atoms with E-state index in [1.807, 2.05) is 12.4 Å². The number of rotatable bonds is 3. The lowest BCUT2D eigenvalue weighted by Gasteiger charge is -2.33. The minimum Gasteiger partial charge on any atom is -0.481 e. The number of hydrogen-bond acceptors (Lipinski definition) is 4. The smallest absolute Gasteiger partial charge is 0.306 e. The second kappa shape index (κ2) is 4.82. The van der Waals surface area contributed by atoms with Crippen LogP contribution >= 0.6 is 11.3 Å². The highest BCUT2D eigenvalue weighted by molar-refractivity contribution is 7.13. The molecule has 4 nitrogen and oxygen atoms in total. The van der Waals surface area contributed by atoms with E-state index < -0.39 is 5.97 Å². The first-order valence-corrected chi connectivity index (χ1v) is 6.41. The molecule has 1 heterocycles. The molecule has 2 rings (SSSR count). The third-order valence-electron chi connectivity index (χ3n) is 3.31. The first-order valence-electron chi connectivity index (χ1n) is 5.53. The molecule has 5 heteroatoms. The van der Waals surface area contributed by atoms with Crippen molar-refractivity contribution in [3.63, 3.8) is 0 Å². The van der Waals surface area contributed by atoms with Crippen molar-refractivity contribution in [2.45, 2.75) is 31.7 Å². The topological polar surface area (TPSA) is 53.4 Å². The molecule has 1 fully saturated rings. The molecule has 1 aliphatic carbocycles. The molecule has 0 aromatic carbocycles. The van der Waals surface area contributed by atoms with Gasteiger partial charge in [-0.05, 0) is 25.7 Å². The zero-order valence-corrected chi connectivity index (χ0v) is 10.1. The molecule has 0 amide bonds. The van der Waals surface area contributed by atoms with Crippen LogP contribution in [0.3, 0.4) is 0 Å². The molecule has 1 aromatic heterocycles. The van der Waals surface area contributed by atoms with Crippen molar-refractivity contribution in [1.29, 1.82) is 0 Å². The molecule has 1 saturated carbocycles. The van der Waals surface area contributed by atoms with Crippen LogP contribution in [0, 0.1) is 5.92 Å². The molecule has 0 aliphatic heterocycles. The zero-order valence-electron chi connectivity index (χ0n) is 9.30. The summed E-state index contributed by atoms with van der Waals surface area (Å²) in [5, 5.41) is 11.9. The minimum absolute atomic E-state index is 0.138. The van der Waals surface area contributed by atoms with Gasteiger partial charge in [-0.3, -0.25) is 4.79 Å². The van der Waals surface area contributed by atoms with Crippen molar-refractivity contribution in [3.8, 4) is 0 Å². The molecule has 16 heavy (non-hydrogen) atoms. The van der Waals surface area contributed by atoms with Gasteiger partial charge >= 0.3 is 5.97 Å². The van der Waals surface area contributed by atoms with Crippen molar-refractivity contribution in [1.82, 2.24) is 4.98 Å². The fourth-order valence-corrected chi connectivity index (χ4v) is 2.94. The van der Waals surface area contributed by atoms with Crippen LogP contribution in [-0.4, -0.2) is 29.1 Å². The number of nitrogens with zero attached hydrogens (tertiary/aromatic N) is 2. The van der Waals surface area contributed by atoms with Crippen molar-refractivity contribution in [2.24, 2.45) is 5.92 Å². The summed E-state index contributed by atoms with van der Waals surface area (Å²) in [6.45, 7) is 0. The van der Waals surface area contributed by atoms with Crippen molar-refractivity contribution < 1.29 is 9.90 Å². The first kappa shape index (κ1) is 11.4. The van der Waals surface area contributed by atoms with Crippen molar-refractivity contribution >= 4 is 22.4 Å². The number of carbonyl (C=O) groups is 1. The molecule has 0 bridgehead atoms. The van der Waals surface area contributed by atoms with E-state index in [2.05, 4.69) is 9.88 Å². The van der Waals surface area contributed by atoms with Crippen molar-refractivity contribution in [3.05, 3.63) is 11.6 Å². The maximum atomic E-state index is 10.8. The van der Waals surface area contributed by atoms with E-state index in [1.165, 1.54) is 0 Å². The highest BCUT2D eigenvalue weighted by Crippen LogP contribution is 2.30. The van der Waals surface area contributed by atoms with Crippen LogP contribution in [-0.2, 0) is 4.79 Å². The van der Waals surface area contributed by atoms with Gasteiger partial charge in [-0.1, -0.05) is 0 Å². The summed E-state index contributed by atoms with van der Waals surface area (Å²) < 4.78 is 0. The van der Waals surface area contributed by atoms with Gasteiger partial charge in [0.25, 0.3) is 0 Å². The summed E-state index contributed by atoms with van der Waals surface area (Å²) >= 11 is 1.63. The van der Waals surface area contributed by atoms with Crippen LogP contribution < -0.4 is 4.90 Å². The van der Waals surface area contributed by atoms with Crippen molar-refractivity contribution in [2.75, 3.05) is 11.9 Å². The lowest BCUT2D eigenvalue weighted by Crippen LogP contribution is -2.36. The summed E-state index contributed by atoms with van der Waals surface area (Å²) in [5.41, 5.74) is 0. The number of carboxylic acid groups (broad SMARTS) is 1. The van der Waals surface area contributed by atoms with E-state index in [0.717, 1.165) is 30.8 Å². The normalized spacial score (nSPS) is 25.3. The summed E-state index contributed by atoms with van der Waals surface area (Å²) in [7, 11) is 2.05. The van der Waals surface area contributed by atoms with E-state index in [1.54, 1.807) is 17.5 Å². The van der Waals surface area contributed by atoms with E-state index in [-0.39, 0.29) is 5.92 Å². The largest absolute Gasteiger partial charge is 0.481 e. The van der Waals surface area contributed by atoms with Gasteiger partial charge in [-0.2, -0.15) is 0 Å². The Balaban J connectivity index is 1.92. The maximum absolute atomic E-state index is 10.8. The Labute approximate surface area is 98.9 Å². The average Bonchev–Trinajstić information content (AvgIpc) is 2.81. The molecule has 0 unspecified atom stereocenters. The van der Waals surface area contributed by atoms with Crippen LogP contribution in [0.2, 0.25) is 0 Å². The number of hydrogen-bond donors (Lipinski definition) is 1. The van der Waals surface area contributed by atoms with Gasteiger partial charge < -0.3 is 10.0 Å². The molecule has 0 saturated heterocycles. The minimum atomic E-state index is -0.643. The zero-order chi connectivity index (χ0) is 11.5. The Morgan fingerprint density at radius 2 is 2.19 bits per heavy atom. The monoisotopic (exact) mass is 240 g/mol. The van der Waals surface area contributed by atoms with Gasteiger partial charge in [0.2, 0.25) is 0 Å². The second-order valence-electron chi connectivity index (χ2n) is 4.27. The number of anilines is 1. The average molecular weight is 240 g/mol. The van der Waals surface area contributed by atoms with Gasteiger partial charge in [-0.25, -0.2) is 4.98 Å². The predicted molar refractivity (Wildman–Crippen MR) is 63.9 cm³/mol. The molecule has 88 valence electrons. The molecular weight excluding hydrogens is 224 g/mol. The summed E-state index contributed by atoms with van der Waals surface area (Å²) in [5.74, 6) is -0.781. The highest BCUT2D eigenvalue weighted by Gasteiger charge is 2.28. The predicted octanol–water partition coefficient (Wildman–Crippen LogP) is 2.22. The Hall–Kier alpha value is -1.10. The fourth-order valence-electron chi connectivity index (χ4n) is 2.26. The van der Waals surface area contributed by atoms with Gasteiger partial charge in [0.1, 0.15) is 0 Å². The quantitative estimate of drug-likeness (QED) is 0.880. The lowest BCUT2D eigenvalue weighted by molar-refractivity contribution is -0.142. The van der Waals surface area contributed by atoms with Gasteiger partial charge in [0.15, 0.2) is 5.13 Å². The Kier molecular flexibility index (Phi) is 3.43. The molecule has 0 atom stereocenters. The molecule has 1 aliphatic rings. The summed E-state index contributed by atoms with van der Waals surface area (Å²) in [6, 6.07) is 0.446. The van der Waals surface area contributed by atoms with Gasteiger partial charge in [0.05, 0.1) is 5.92 Å². The van der Waals surface area contributed by atoms with E-state index in [4.69, 9.17) is 5.11 Å². The summed E-state index contributed by atoms with van der Waals surface area (Å²) in [4.78, 5) is 17.3. The molecule has 0 radical (unpaired) electrons. The van der Waals surface area contributed by atoms with Gasteiger partial charge in [0, 0.05) is 24.7 Å². The number of carboxylic acids is 1. The lowest BCUT2D eigenvalue weighted by atomic mass is 9.86. The summed E-state index contributed by atoms with van der Waals surface area (Å²) in [6.07, 6.45) is 5.28. The van der Waals surface area contributed by atoms with Crippen LogP contribution in [0.5, 0.6) is 0 Å². The van der Waals surface area contributed by atoms with Gasteiger partial charge in [-0.15, -0.1) is 11.3 Å². The second-order valence-corrected chi connectivity index (χ2v) is 5.14. The fraction of sp³-hybridized carbons (Fsp3) is 0.636. The standard InChI is InChI=1S/C11H16N2O2S/c1-13(11-12-6-7-16-11)9-4-2-8(3-5-9)10(14)15/h6-9H,2-5H2,1H3,(H,14,15). The SMILES string of the molecule is CN(c1nccs1)C1CCC(C(=O)O)CC1. The van der Waals surface area contributed by atoms with Crippen LogP contribution in [0.4, 0.5) is 5.13 Å².